The van der Waals surface area contributed by atoms with Gasteiger partial charge in [-0.2, -0.15) is 0 Å². The van der Waals surface area contributed by atoms with E-state index in [9.17, 15) is 0 Å². The maximum atomic E-state index is 7.70. The van der Waals surface area contributed by atoms with Gasteiger partial charge in [0.2, 0.25) is 0 Å². The average molecular weight is 125 g/mol. The maximum absolute atomic E-state index is 7.70. The van der Waals surface area contributed by atoms with Crippen molar-refractivity contribution in [3.63, 3.8) is 0 Å². The van der Waals surface area contributed by atoms with Gasteiger partial charge in [0.1, 0.15) is 0 Å². The Morgan fingerprint density at radius 2 is 3.40 bits per heavy atom. The first kappa shape index (κ1) is 2.08. The Morgan fingerprint density at radius 1 is 2.80 bits per heavy atom. The first-order valence-corrected chi connectivity index (χ1v) is 8.67. The topological polar surface area (TPSA) is 0 Å². The molecule has 2 unspecified atom stereocenters. The van der Waals surface area contributed by atoms with E-state index in [0.29, 0.717) is 7.53 Å². The summed E-state index contributed by atoms with van der Waals surface area (Å²) in [4.78, 5) is 0. The number of hydrogen-bond acceptors (Lipinski definition) is 0. The van der Waals surface area contributed by atoms with Crippen LogP contribution >= 0.6 is 21.7 Å². The first-order valence-electron chi connectivity index (χ1n) is 2.75. The molecule has 2 atom stereocenters. The molecule has 0 aliphatic carbocycles. The van der Waals surface area contributed by atoms with Crippen LogP contribution in [0.5, 0.6) is 0 Å². The molecule has 2 fully saturated rings. The van der Waals surface area contributed by atoms with Gasteiger partial charge in [0.05, 0.1) is 0 Å². The molecule has 0 radical (unpaired) electrons. The molecule has 0 aromatic rings. The van der Waals surface area contributed by atoms with E-state index in [1.165, 1.54) is 5.90 Å². The van der Waals surface area contributed by atoms with Gasteiger partial charge in [0, 0.05) is 0 Å². The quantitative estimate of drug-likeness (QED) is 0.364. The molecule has 2 heterocycles. The molecule has 28 valence electrons. The van der Waals surface area contributed by atoms with Crippen molar-refractivity contribution in [1.29, 1.82) is 2.61 Å². The van der Waals surface area contributed by atoms with E-state index in [1.54, 1.807) is 0 Å². The average Bonchev–Trinajstić information content (AvgIpc) is 2.26. The van der Waals surface area contributed by atoms with Crippen molar-refractivity contribution >= 4 is 29.2 Å². The van der Waals surface area contributed by atoms with Crippen LogP contribution in [0.25, 0.3) is 0 Å². The predicted molar refractivity (Wildman–Crippen MR) is 37.0 cm³/mol. The molecular formula is CH6BP3. The third kappa shape index (κ3) is 0.338. The first-order chi connectivity index (χ1) is 3.18. The zero-order chi connectivity index (χ0) is 5.15. The Bertz CT molecular complexity index is 131. The van der Waals surface area contributed by atoms with E-state index in [1.807, 2.05) is 0 Å². The summed E-state index contributed by atoms with van der Waals surface area (Å²) in [5.74, 6) is 1.23. The van der Waals surface area contributed by atoms with Crippen LogP contribution in [-0.4, -0.2) is 16.0 Å². The second-order valence-corrected chi connectivity index (χ2v) is 18.1. The van der Waals surface area contributed by atoms with Crippen molar-refractivity contribution in [1.82, 2.24) is 0 Å². The molecule has 2 aliphatic heterocycles. The molecule has 2 rings (SSSR count). The Labute approximate surface area is 38.7 Å². The summed E-state index contributed by atoms with van der Waals surface area (Å²) in [5, 5.41) is 0. The van der Waals surface area contributed by atoms with Crippen LogP contribution < -0.4 is 0 Å². The molecule has 2 aliphatic rings. The molecule has 0 amide bonds. The van der Waals surface area contributed by atoms with Crippen LogP contribution in [-0.2, 0) is 0 Å². The van der Waals surface area contributed by atoms with E-state index in [0.717, 1.165) is 7.96 Å². The number of hydrogen-bond donors (Lipinski definition) is 0. The molecule has 5 heavy (non-hydrogen) atoms. The molecule has 2 saturated heterocycles. The second kappa shape index (κ2) is 0.665. The Kier molecular flexibility index (Phi) is 0.277. The van der Waals surface area contributed by atoms with Gasteiger partial charge in [-0.15, -0.1) is 0 Å². The van der Waals surface area contributed by atoms with Crippen molar-refractivity contribution < 1.29 is 0 Å². The molecule has 0 spiro atoms. The zero-order valence-electron chi connectivity index (χ0n) is 4.81. The van der Waals surface area contributed by atoms with Crippen LogP contribution in [0.3, 0.4) is 0 Å². The zero-order valence-corrected chi connectivity index (χ0v) is 5.60. The summed E-state index contributed by atoms with van der Waals surface area (Å²) in [5.41, 5.74) is 0. The van der Waals surface area contributed by atoms with Gasteiger partial charge in [-0.25, -0.2) is 0 Å². The summed E-state index contributed by atoms with van der Waals surface area (Å²) >= 11 is 0. The summed E-state index contributed by atoms with van der Waals surface area (Å²) in [6.45, 7) is -1.65. The summed E-state index contributed by atoms with van der Waals surface area (Å²) in [6.07, 6.45) is 0. The SMILES string of the molecule is [2H]BP12([3H])CP1P2. The van der Waals surface area contributed by atoms with Gasteiger partial charge >= 0.3 is 37.8 Å². The summed E-state index contributed by atoms with van der Waals surface area (Å²) in [7, 11) is 1.78. The molecule has 4 heteroatoms. The van der Waals surface area contributed by atoms with E-state index < -0.39 is 6.46 Å². The second-order valence-electron chi connectivity index (χ2n) is 1.56. The fourth-order valence-electron chi connectivity index (χ4n) is 0.374. The van der Waals surface area contributed by atoms with Crippen LogP contribution in [0.15, 0.2) is 0 Å². The summed E-state index contributed by atoms with van der Waals surface area (Å²) < 4.78 is 14.8. The van der Waals surface area contributed by atoms with E-state index in [2.05, 4.69) is 0 Å². The van der Waals surface area contributed by atoms with E-state index >= 15 is 0 Å². The van der Waals surface area contributed by atoms with Gasteiger partial charge in [0.15, 0.2) is 0 Å². The van der Waals surface area contributed by atoms with Crippen molar-refractivity contribution in [2.75, 3.05) is 5.90 Å². The van der Waals surface area contributed by atoms with Crippen molar-refractivity contribution in [3.8, 4) is 0 Å². The molecule has 0 aromatic carbocycles. The predicted octanol–water partition coefficient (Wildman–Crippen LogP) is 1.17. The van der Waals surface area contributed by atoms with Crippen LogP contribution in [0.1, 0.15) is 0 Å². The Hall–Kier alpha value is 1.35. The fourth-order valence-corrected chi connectivity index (χ4v) is 18.6. The van der Waals surface area contributed by atoms with Gasteiger partial charge in [-0.1, -0.05) is 0 Å². The van der Waals surface area contributed by atoms with E-state index in [4.69, 9.17) is 2.61 Å². The minimum absolute atomic E-state index is 0.267. The molecule has 0 bridgehead atoms. The minimum atomic E-state index is -1.65. The van der Waals surface area contributed by atoms with Crippen LogP contribution in [0.2, 0.25) is 0 Å². The third-order valence-corrected chi connectivity index (χ3v) is 21.0. The van der Waals surface area contributed by atoms with Crippen molar-refractivity contribution in [2.24, 2.45) is 0 Å². The molecule has 0 nitrogen and oxygen atoms in total. The fraction of sp³-hybridized carbons (Fsp3) is 1.00. The van der Waals surface area contributed by atoms with Gasteiger partial charge in [0.25, 0.3) is 0 Å². The Balaban J connectivity index is 2.26. The van der Waals surface area contributed by atoms with Gasteiger partial charge in [-0.05, 0) is 0 Å². The molecular weight excluding hydrogens is 116 g/mol. The van der Waals surface area contributed by atoms with Gasteiger partial charge < -0.3 is 0 Å². The van der Waals surface area contributed by atoms with E-state index in [-0.39, 0.29) is 7.30 Å². The van der Waals surface area contributed by atoms with Crippen LogP contribution in [0, 0.1) is 0 Å². The molecule has 0 aromatic heterocycles. The monoisotopic (exact) mass is 125 g/mol. The third-order valence-electron chi connectivity index (χ3n) is 1.01. The van der Waals surface area contributed by atoms with Crippen molar-refractivity contribution in [2.45, 2.75) is 0 Å². The van der Waals surface area contributed by atoms with Crippen LogP contribution in [0.4, 0.5) is 0 Å². The summed E-state index contributed by atoms with van der Waals surface area (Å²) in [6, 6.07) is 0. The van der Waals surface area contributed by atoms with Crippen molar-refractivity contribution in [3.05, 3.63) is 0 Å². The standard InChI is InChI=1S/CH6BP3/c2-5-1-4(5)3-5/h3,5H,1-2H2/i2D,5T. The molecule has 0 saturated carbocycles. The van der Waals surface area contributed by atoms with Gasteiger partial charge in [-0.3, -0.25) is 0 Å². The molecule has 0 N–H and O–H groups in total. The number of fused-ring (bicyclic) bond motifs is 1. The normalized spacial score (nSPS) is 79.2. The number of rotatable bonds is 1. The Morgan fingerprint density at radius 3 is 3.40 bits per heavy atom.